The number of hydrogen-bond acceptors (Lipinski definition) is 8. The zero-order valence-electron chi connectivity index (χ0n) is 12.6. The normalized spacial score (nSPS) is 10.7. The molecule has 0 radical (unpaired) electrons. The molecular weight excluding hydrogens is 300 g/mol. The number of benzene rings is 1. The highest BCUT2D eigenvalue weighted by molar-refractivity contribution is 5.94. The second-order valence-electron chi connectivity index (χ2n) is 5.03. The first-order chi connectivity index (χ1) is 11.1. The average molecular weight is 314 g/mol. The smallest absolute Gasteiger partial charge is 0.301 e. The van der Waals surface area contributed by atoms with Gasteiger partial charge in [-0.2, -0.15) is 4.98 Å². The third-order valence-corrected chi connectivity index (χ3v) is 3.23. The van der Waals surface area contributed by atoms with Gasteiger partial charge >= 0.3 is 5.69 Å². The fourth-order valence-electron chi connectivity index (χ4n) is 2.15. The van der Waals surface area contributed by atoms with E-state index in [1.165, 1.54) is 0 Å². The summed E-state index contributed by atoms with van der Waals surface area (Å²) in [6, 6.07) is 6.68. The standard InChI is InChI=1S/C14H14N6O3/c1-19(2)14-17-12(23-18-14)8-16-11-6-5-10-9(4-3-7-15-10)13(11)20(21)22/h3-7,16H,8H2,1-2H3. The number of pyridine rings is 1. The van der Waals surface area contributed by atoms with Crippen LogP contribution >= 0.6 is 0 Å². The van der Waals surface area contributed by atoms with Gasteiger partial charge in [-0.15, -0.1) is 0 Å². The summed E-state index contributed by atoms with van der Waals surface area (Å²) in [5.74, 6) is 0.785. The van der Waals surface area contributed by atoms with Gasteiger partial charge in [0.2, 0.25) is 5.89 Å². The number of fused-ring (bicyclic) bond motifs is 1. The Labute approximate surface area is 131 Å². The molecule has 2 aromatic heterocycles. The van der Waals surface area contributed by atoms with Crippen molar-refractivity contribution in [1.29, 1.82) is 0 Å². The van der Waals surface area contributed by atoms with Crippen LogP contribution in [0.5, 0.6) is 0 Å². The zero-order valence-corrected chi connectivity index (χ0v) is 12.6. The molecule has 9 heteroatoms. The van der Waals surface area contributed by atoms with E-state index in [-0.39, 0.29) is 12.2 Å². The monoisotopic (exact) mass is 314 g/mol. The van der Waals surface area contributed by atoms with Crippen LogP contribution in [0, 0.1) is 10.1 Å². The first-order valence-electron chi connectivity index (χ1n) is 6.82. The van der Waals surface area contributed by atoms with E-state index < -0.39 is 4.92 Å². The molecule has 9 nitrogen and oxygen atoms in total. The Morgan fingerprint density at radius 3 is 2.87 bits per heavy atom. The summed E-state index contributed by atoms with van der Waals surface area (Å²) in [4.78, 5) is 21.0. The highest BCUT2D eigenvalue weighted by Crippen LogP contribution is 2.32. The molecule has 3 aromatic rings. The van der Waals surface area contributed by atoms with Crippen molar-refractivity contribution >= 4 is 28.2 Å². The van der Waals surface area contributed by atoms with Gasteiger partial charge in [-0.25, -0.2) is 0 Å². The third kappa shape index (κ3) is 2.89. The van der Waals surface area contributed by atoms with Gasteiger partial charge in [-0.05, 0) is 29.4 Å². The molecule has 0 atom stereocenters. The van der Waals surface area contributed by atoms with Gasteiger partial charge in [-0.1, -0.05) is 0 Å². The van der Waals surface area contributed by atoms with Gasteiger partial charge < -0.3 is 14.7 Å². The van der Waals surface area contributed by atoms with Crippen molar-refractivity contribution < 1.29 is 9.45 Å². The van der Waals surface area contributed by atoms with Crippen molar-refractivity contribution in [2.75, 3.05) is 24.3 Å². The molecule has 0 saturated carbocycles. The van der Waals surface area contributed by atoms with E-state index in [4.69, 9.17) is 4.52 Å². The van der Waals surface area contributed by atoms with Crippen molar-refractivity contribution in [3.8, 4) is 0 Å². The Morgan fingerprint density at radius 1 is 1.35 bits per heavy atom. The Bertz CT molecular complexity index is 861. The molecule has 0 fully saturated rings. The average Bonchev–Trinajstić information content (AvgIpc) is 3.01. The molecule has 0 aliphatic rings. The molecule has 0 amide bonds. The van der Waals surface area contributed by atoms with Crippen LogP contribution in [0.25, 0.3) is 10.9 Å². The van der Waals surface area contributed by atoms with Crippen LogP contribution in [0.3, 0.4) is 0 Å². The van der Waals surface area contributed by atoms with Crippen LogP contribution in [0.2, 0.25) is 0 Å². The number of aromatic nitrogens is 3. The van der Waals surface area contributed by atoms with Crippen LogP contribution in [0.4, 0.5) is 17.3 Å². The lowest BCUT2D eigenvalue weighted by molar-refractivity contribution is -0.382. The zero-order chi connectivity index (χ0) is 16.4. The molecule has 23 heavy (non-hydrogen) atoms. The Hall–Kier alpha value is -3.23. The maximum atomic E-state index is 11.4. The molecule has 0 unspecified atom stereocenters. The molecule has 0 aliphatic carbocycles. The van der Waals surface area contributed by atoms with Crippen LogP contribution in [0.15, 0.2) is 35.0 Å². The van der Waals surface area contributed by atoms with E-state index in [0.717, 1.165) is 0 Å². The lowest BCUT2D eigenvalue weighted by Gasteiger charge is -2.07. The molecule has 3 rings (SSSR count). The summed E-state index contributed by atoms with van der Waals surface area (Å²) in [5.41, 5.74) is 0.917. The lowest BCUT2D eigenvalue weighted by Crippen LogP contribution is -2.10. The van der Waals surface area contributed by atoms with E-state index in [2.05, 4.69) is 20.4 Å². The molecule has 2 heterocycles. The second kappa shape index (κ2) is 5.87. The van der Waals surface area contributed by atoms with Gasteiger partial charge in [0.25, 0.3) is 5.95 Å². The molecule has 0 spiro atoms. The predicted octanol–water partition coefficient (Wildman–Crippen LogP) is 2.20. The van der Waals surface area contributed by atoms with Crippen molar-refractivity contribution in [1.82, 2.24) is 15.1 Å². The maximum absolute atomic E-state index is 11.4. The Morgan fingerprint density at radius 2 is 2.17 bits per heavy atom. The highest BCUT2D eigenvalue weighted by Gasteiger charge is 2.19. The summed E-state index contributed by atoms with van der Waals surface area (Å²) in [6.07, 6.45) is 1.60. The summed E-state index contributed by atoms with van der Waals surface area (Å²) < 4.78 is 5.09. The van der Waals surface area contributed by atoms with Crippen LogP contribution in [-0.2, 0) is 6.54 Å². The van der Waals surface area contributed by atoms with E-state index in [1.807, 2.05) is 0 Å². The molecule has 1 aromatic carbocycles. The molecule has 0 bridgehead atoms. The van der Waals surface area contributed by atoms with Crippen molar-refractivity contribution in [3.63, 3.8) is 0 Å². The molecular formula is C14H14N6O3. The molecule has 118 valence electrons. The number of nitrogens with one attached hydrogen (secondary N) is 1. The molecule has 0 saturated heterocycles. The Balaban J connectivity index is 1.90. The number of nitrogens with zero attached hydrogens (tertiary/aromatic N) is 5. The topological polar surface area (TPSA) is 110 Å². The second-order valence-corrected chi connectivity index (χ2v) is 5.03. The number of anilines is 2. The van der Waals surface area contributed by atoms with Crippen LogP contribution in [-0.4, -0.2) is 34.1 Å². The maximum Gasteiger partial charge on any atom is 0.301 e. The van der Waals surface area contributed by atoms with Crippen LogP contribution in [0.1, 0.15) is 5.89 Å². The van der Waals surface area contributed by atoms with Gasteiger partial charge in [-0.3, -0.25) is 15.1 Å². The Kier molecular flexibility index (Phi) is 3.75. The summed E-state index contributed by atoms with van der Waals surface area (Å²) in [6.45, 7) is 0.188. The predicted molar refractivity (Wildman–Crippen MR) is 84.3 cm³/mol. The first-order valence-corrected chi connectivity index (χ1v) is 6.82. The van der Waals surface area contributed by atoms with E-state index >= 15 is 0 Å². The fraction of sp³-hybridized carbons (Fsp3) is 0.214. The number of hydrogen-bond donors (Lipinski definition) is 1. The van der Waals surface area contributed by atoms with E-state index in [9.17, 15) is 10.1 Å². The van der Waals surface area contributed by atoms with Crippen LogP contribution < -0.4 is 10.2 Å². The van der Waals surface area contributed by atoms with E-state index in [1.54, 1.807) is 49.5 Å². The quantitative estimate of drug-likeness (QED) is 0.563. The minimum absolute atomic E-state index is 0.0250. The first kappa shape index (κ1) is 14.7. The van der Waals surface area contributed by atoms with Gasteiger partial charge in [0.1, 0.15) is 5.69 Å². The minimum atomic E-state index is -0.425. The number of nitro groups is 1. The number of rotatable bonds is 5. The number of nitro benzene ring substituents is 1. The fourth-order valence-corrected chi connectivity index (χ4v) is 2.15. The van der Waals surface area contributed by atoms with E-state index in [0.29, 0.717) is 28.4 Å². The highest BCUT2D eigenvalue weighted by atomic mass is 16.6. The van der Waals surface area contributed by atoms with Crippen molar-refractivity contribution in [2.24, 2.45) is 0 Å². The van der Waals surface area contributed by atoms with Gasteiger partial charge in [0, 0.05) is 20.3 Å². The minimum Gasteiger partial charge on any atom is -0.371 e. The van der Waals surface area contributed by atoms with Crippen molar-refractivity contribution in [2.45, 2.75) is 6.54 Å². The lowest BCUT2D eigenvalue weighted by atomic mass is 10.1. The SMILES string of the molecule is CN(C)c1noc(CNc2ccc3ncccc3c2[N+](=O)[O-])n1. The largest absolute Gasteiger partial charge is 0.371 e. The molecule has 0 aliphatic heterocycles. The molecule has 1 N–H and O–H groups in total. The summed E-state index contributed by atoms with van der Waals surface area (Å²) in [7, 11) is 3.59. The van der Waals surface area contributed by atoms with Gasteiger partial charge in [0.15, 0.2) is 0 Å². The van der Waals surface area contributed by atoms with Gasteiger partial charge in [0.05, 0.1) is 22.4 Å². The summed E-state index contributed by atoms with van der Waals surface area (Å²) in [5, 5.41) is 18.7. The third-order valence-electron chi connectivity index (χ3n) is 3.23. The summed E-state index contributed by atoms with van der Waals surface area (Å²) >= 11 is 0. The van der Waals surface area contributed by atoms with Crippen molar-refractivity contribution in [3.05, 3.63) is 46.5 Å².